The molecule has 0 radical (unpaired) electrons. The van der Waals surface area contributed by atoms with Gasteiger partial charge in [0.1, 0.15) is 11.5 Å². The molecule has 0 saturated carbocycles. The minimum Gasteiger partial charge on any atom is -0.493 e. The SMILES string of the molecule is Cc1cccc(C)c1OCCCOc1ccc(/C=N/NC(N)=O)cc1. The van der Waals surface area contributed by atoms with Crippen LogP contribution in [0, 0.1) is 13.8 Å². The number of carbonyl (C=O) groups is 1. The highest BCUT2D eigenvalue weighted by atomic mass is 16.5. The zero-order valence-electron chi connectivity index (χ0n) is 14.5. The number of urea groups is 1. The average molecular weight is 341 g/mol. The number of ether oxygens (including phenoxy) is 2. The summed E-state index contributed by atoms with van der Waals surface area (Å²) < 4.78 is 11.5. The monoisotopic (exact) mass is 341 g/mol. The Kier molecular flexibility index (Phi) is 6.83. The molecule has 0 atom stereocenters. The Morgan fingerprint density at radius 1 is 1.08 bits per heavy atom. The third-order valence-electron chi connectivity index (χ3n) is 3.48. The van der Waals surface area contributed by atoms with Gasteiger partial charge in [0.2, 0.25) is 0 Å². The largest absolute Gasteiger partial charge is 0.493 e. The van der Waals surface area contributed by atoms with Crippen LogP contribution in [0.15, 0.2) is 47.6 Å². The topological polar surface area (TPSA) is 85.9 Å². The summed E-state index contributed by atoms with van der Waals surface area (Å²) >= 11 is 0. The molecule has 0 bridgehead atoms. The Hall–Kier alpha value is -3.02. The molecule has 0 fully saturated rings. The highest BCUT2D eigenvalue weighted by molar-refractivity contribution is 5.81. The number of carbonyl (C=O) groups excluding carboxylic acids is 1. The first-order valence-corrected chi connectivity index (χ1v) is 8.06. The van der Waals surface area contributed by atoms with Crippen LogP contribution in [0.25, 0.3) is 0 Å². The molecule has 6 heteroatoms. The highest BCUT2D eigenvalue weighted by Crippen LogP contribution is 2.22. The van der Waals surface area contributed by atoms with Crippen LogP contribution >= 0.6 is 0 Å². The van der Waals surface area contributed by atoms with Gasteiger partial charge < -0.3 is 15.2 Å². The number of rotatable bonds is 8. The lowest BCUT2D eigenvalue weighted by Gasteiger charge is -2.12. The van der Waals surface area contributed by atoms with Crippen molar-refractivity contribution in [1.82, 2.24) is 5.43 Å². The third-order valence-corrected chi connectivity index (χ3v) is 3.48. The van der Waals surface area contributed by atoms with Crippen molar-refractivity contribution in [2.24, 2.45) is 10.8 Å². The molecule has 2 amide bonds. The number of aryl methyl sites for hydroxylation is 2. The molecule has 0 unspecified atom stereocenters. The van der Waals surface area contributed by atoms with Gasteiger partial charge >= 0.3 is 6.03 Å². The molecule has 132 valence electrons. The number of nitrogens with zero attached hydrogens (tertiary/aromatic N) is 1. The summed E-state index contributed by atoms with van der Waals surface area (Å²) in [5, 5.41) is 3.69. The van der Waals surface area contributed by atoms with Crippen molar-refractivity contribution >= 4 is 12.2 Å². The molecule has 0 spiro atoms. The molecule has 0 aromatic heterocycles. The van der Waals surface area contributed by atoms with E-state index in [0.29, 0.717) is 13.2 Å². The Balaban J connectivity index is 1.71. The zero-order valence-corrected chi connectivity index (χ0v) is 14.5. The van der Waals surface area contributed by atoms with E-state index in [2.05, 4.69) is 10.5 Å². The summed E-state index contributed by atoms with van der Waals surface area (Å²) in [5.74, 6) is 1.72. The maximum absolute atomic E-state index is 10.5. The first kappa shape index (κ1) is 18.3. The van der Waals surface area contributed by atoms with Gasteiger partial charge in [-0.15, -0.1) is 0 Å². The standard InChI is InChI=1S/C19H23N3O3/c1-14-5-3-6-15(2)18(14)25-12-4-11-24-17-9-7-16(8-10-17)13-21-22-19(20)23/h3,5-10,13H,4,11-12H2,1-2H3,(H3,20,22,23)/b21-13+. The maximum Gasteiger partial charge on any atom is 0.332 e. The molecule has 0 aliphatic rings. The summed E-state index contributed by atoms with van der Waals surface area (Å²) in [4.78, 5) is 10.5. The zero-order chi connectivity index (χ0) is 18.1. The normalized spacial score (nSPS) is 10.6. The van der Waals surface area contributed by atoms with Crippen LogP contribution in [0.1, 0.15) is 23.1 Å². The number of nitrogens with one attached hydrogen (secondary N) is 1. The number of amides is 2. The molecule has 25 heavy (non-hydrogen) atoms. The summed E-state index contributed by atoms with van der Waals surface area (Å²) in [6, 6.07) is 12.8. The number of hydrogen-bond acceptors (Lipinski definition) is 4. The number of para-hydroxylation sites is 1. The van der Waals surface area contributed by atoms with Crippen molar-refractivity contribution in [3.63, 3.8) is 0 Å². The second kappa shape index (κ2) is 9.32. The smallest absolute Gasteiger partial charge is 0.332 e. The van der Waals surface area contributed by atoms with Crippen LogP contribution in [0.3, 0.4) is 0 Å². The number of hydrogen-bond donors (Lipinski definition) is 2. The van der Waals surface area contributed by atoms with Crippen molar-refractivity contribution in [1.29, 1.82) is 0 Å². The Bertz CT molecular complexity index is 707. The van der Waals surface area contributed by atoms with Gasteiger partial charge in [0, 0.05) is 6.42 Å². The summed E-state index contributed by atoms with van der Waals surface area (Å²) in [6.07, 6.45) is 2.30. The van der Waals surface area contributed by atoms with Gasteiger partial charge in [0.15, 0.2) is 0 Å². The van der Waals surface area contributed by atoms with E-state index in [-0.39, 0.29) is 0 Å². The van der Waals surface area contributed by atoms with Crippen molar-refractivity contribution in [3.05, 3.63) is 59.2 Å². The molecule has 0 heterocycles. The Labute approximate surface area is 147 Å². The van der Waals surface area contributed by atoms with E-state index in [4.69, 9.17) is 15.2 Å². The fraction of sp³-hybridized carbons (Fsp3) is 0.263. The van der Waals surface area contributed by atoms with Crippen molar-refractivity contribution < 1.29 is 14.3 Å². The molecule has 2 rings (SSSR count). The van der Waals surface area contributed by atoms with E-state index in [0.717, 1.165) is 34.6 Å². The lowest BCUT2D eigenvalue weighted by atomic mass is 10.1. The van der Waals surface area contributed by atoms with Gasteiger partial charge in [-0.1, -0.05) is 18.2 Å². The molecule has 0 aliphatic heterocycles. The fourth-order valence-electron chi connectivity index (χ4n) is 2.27. The van der Waals surface area contributed by atoms with Crippen LogP contribution in [-0.2, 0) is 0 Å². The summed E-state index contributed by atoms with van der Waals surface area (Å²) in [5.41, 5.74) is 10.2. The predicted molar refractivity (Wildman–Crippen MR) is 98.3 cm³/mol. The predicted octanol–water partition coefficient (Wildman–Crippen LogP) is 3.15. The van der Waals surface area contributed by atoms with E-state index in [1.54, 1.807) is 0 Å². The lowest BCUT2D eigenvalue weighted by Crippen LogP contribution is -2.24. The molecule has 2 aromatic carbocycles. The first-order chi connectivity index (χ1) is 12.1. The van der Waals surface area contributed by atoms with Gasteiger partial charge in [-0.3, -0.25) is 0 Å². The van der Waals surface area contributed by atoms with Crippen LogP contribution < -0.4 is 20.6 Å². The molecule has 0 saturated heterocycles. The number of hydrazone groups is 1. The van der Waals surface area contributed by atoms with Crippen molar-refractivity contribution in [2.45, 2.75) is 20.3 Å². The lowest BCUT2D eigenvalue weighted by molar-refractivity contribution is 0.245. The van der Waals surface area contributed by atoms with Crippen molar-refractivity contribution in [3.8, 4) is 11.5 Å². The van der Waals surface area contributed by atoms with E-state index >= 15 is 0 Å². The second-order valence-corrected chi connectivity index (χ2v) is 5.57. The van der Waals surface area contributed by atoms with Gasteiger partial charge in [-0.25, -0.2) is 10.2 Å². The molecule has 3 N–H and O–H groups in total. The van der Waals surface area contributed by atoms with Crippen LogP contribution in [0.2, 0.25) is 0 Å². The Morgan fingerprint density at radius 2 is 1.72 bits per heavy atom. The number of nitrogens with two attached hydrogens (primary N) is 1. The molecule has 0 aliphatic carbocycles. The Morgan fingerprint density at radius 3 is 2.36 bits per heavy atom. The van der Waals surface area contributed by atoms with E-state index in [1.165, 1.54) is 6.21 Å². The van der Waals surface area contributed by atoms with Crippen molar-refractivity contribution in [2.75, 3.05) is 13.2 Å². The maximum atomic E-state index is 10.5. The van der Waals surface area contributed by atoms with Crippen LogP contribution in [0.4, 0.5) is 4.79 Å². The minimum absolute atomic E-state index is 0.571. The highest BCUT2D eigenvalue weighted by Gasteiger charge is 2.02. The van der Waals surface area contributed by atoms with Gasteiger partial charge in [0.05, 0.1) is 19.4 Å². The number of benzene rings is 2. The van der Waals surface area contributed by atoms with Crippen LogP contribution in [0.5, 0.6) is 11.5 Å². The average Bonchev–Trinajstić information content (AvgIpc) is 2.58. The van der Waals surface area contributed by atoms with Gasteiger partial charge in [0.25, 0.3) is 0 Å². The quantitative estimate of drug-likeness (QED) is 0.439. The summed E-state index contributed by atoms with van der Waals surface area (Å²) in [6.45, 7) is 5.27. The molecular weight excluding hydrogens is 318 g/mol. The van der Waals surface area contributed by atoms with Gasteiger partial charge in [-0.05, 0) is 54.8 Å². The second-order valence-electron chi connectivity index (χ2n) is 5.57. The minimum atomic E-state index is -0.695. The molecular formula is C19H23N3O3. The van der Waals surface area contributed by atoms with Crippen LogP contribution in [-0.4, -0.2) is 25.5 Å². The molecule has 6 nitrogen and oxygen atoms in total. The number of primary amides is 1. The molecule has 2 aromatic rings. The first-order valence-electron chi connectivity index (χ1n) is 8.06. The fourth-order valence-corrected chi connectivity index (χ4v) is 2.27. The summed E-state index contributed by atoms with van der Waals surface area (Å²) in [7, 11) is 0. The third kappa shape index (κ3) is 6.18. The van der Waals surface area contributed by atoms with E-state index < -0.39 is 6.03 Å². The van der Waals surface area contributed by atoms with E-state index in [9.17, 15) is 4.79 Å². The van der Waals surface area contributed by atoms with Gasteiger partial charge in [-0.2, -0.15) is 5.10 Å². The van der Waals surface area contributed by atoms with E-state index in [1.807, 2.05) is 56.3 Å².